The van der Waals surface area contributed by atoms with Crippen LogP contribution in [0, 0.1) is 12.8 Å². The number of carbonyl (C=O) groups is 1. The SMILES string of the molecule is COc1cc2nc(N3CCN(C(=O)C(c4ccccc4C)C4CCC4)CC3)nc(N)c2cc1OC. The van der Waals surface area contributed by atoms with Crippen LogP contribution in [-0.2, 0) is 4.79 Å². The van der Waals surface area contributed by atoms with Gasteiger partial charge >= 0.3 is 0 Å². The monoisotopic (exact) mass is 475 g/mol. The molecule has 1 aliphatic heterocycles. The predicted octanol–water partition coefficient (Wildman–Crippen LogP) is 3.77. The molecule has 1 saturated heterocycles. The number of nitrogen functional groups attached to an aromatic ring is 1. The van der Waals surface area contributed by atoms with Crippen LogP contribution in [0.4, 0.5) is 11.8 Å². The Hall–Kier alpha value is -3.55. The minimum atomic E-state index is -0.0495. The number of anilines is 2. The van der Waals surface area contributed by atoms with Gasteiger partial charge in [-0.15, -0.1) is 0 Å². The molecule has 35 heavy (non-hydrogen) atoms. The van der Waals surface area contributed by atoms with Crippen molar-refractivity contribution < 1.29 is 14.3 Å². The molecule has 2 fully saturated rings. The molecule has 1 saturated carbocycles. The molecular formula is C27H33N5O3. The van der Waals surface area contributed by atoms with Gasteiger partial charge in [0.25, 0.3) is 0 Å². The van der Waals surface area contributed by atoms with Crippen molar-refractivity contribution in [3.63, 3.8) is 0 Å². The maximum atomic E-state index is 13.7. The molecule has 1 aromatic heterocycles. The van der Waals surface area contributed by atoms with Gasteiger partial charge in [-0.1, -0.05) is 30.7 Å². The second kappa shape index (κ2) is 9.60. The van der Waals surface area contributed by atoms with E-state index in [4.69, 9.17) is 20.2 Å². The van der Waals surface area contributed by atoms with Crippen molar-refractivity contribution in [2.75, 3.05) is 51.0 Å². The van der Waals surface area contributed by atoms with Crippen LogP contribution in [0.5, 0.6) is 11.5 Å². The molecule has 184 valence electrons. The molecule has 1 aliphatic carbocycles. The molecular weight excluding hydrogens is 442 g/mol. The number of piperazine rings is 1. The molecule has 2 heterocycles. The molecule has 1 unspecified atom stereocenters. The van der Waals surface area contributed by atoms with E-state index in [2.05, 4.69) is 28.9 Å². The zero-order valence-electron chi connectivity index (χ0n) is 20.7. The number of methoxy groups -OCH3 is 2. The largest absolute Gasteiger partial charge is 0.493 e. The summed E-state index contributed by atoms with van der Waals surface area (Å²) in [5.74, 6) is 2.79. The minimum Gasteiger partial charge on any atom is -0.493 e. The Kier molecular flexibility index (Phi) is 6.36. The first kappa shape index (κ1) is 23.2. The third-order valence-electron chi connectivity index (χ3n) is 7.50. The number of benzene rings is 2. The van der Waals surface area contributed by atoms with Gasteiger partial charge in [0.15, 0.2) is 11.5 Å². The van der Waals surface area contributed by atoms with E-state index in [0.717, 1.165) is 18.2 Å². The molecule has 3 aromatic rings. The van der Waals surface area contributed by atoms with Crippen molar-refractivity contribution >= 4 is 28.6 Å². The number of hydrogen-bond acceptors (Lipinski definition) is 7. The third-order valence-corrected chi connectivity index (χ3v) is 7.50. The second-order valence-corrected chi connectivity index (χ2v) is 9.47. The lowest BCUT2D eigenvalue weighted by molar-refractivity contribution is -0.135. The Morgan fingerprint density at radius 1 is 1.03 bits per heavy atom. The lowest BCUT2D eigenvalue weighted by Crippen LogP contribution is -2.51. The summed E-state index contributed by atoms with van der Waals surface area (Å²) >= 11 is 0. The summed E-state index contributed by atoms with van der Waals surface area (Å²) in [6.45, 7) is 4.71. The van der Waals surface area contributed by atoms with Crippen LogP contribution in [-0.4, -0.2) is 61.2 Å². The highest BCUT2D eigenvalue weighted by Crippen LogP contribution is 2.41. The summed E-state index contributed by atoms with van der Waals surface area (Å²) < 4.78 is 10.8. The van der Waals surface area contributed by atoms with Crippen molar-refractivity contribution in [3.05, 3.63) is 47.5 Å². The fraction of sp³-hybridized carbons (Fsp3) is 0.444. The zero-order valence-corrected chi connectivity index (χ0v) is 20.7. The smallest absolute Gasteiger partial charge is 0.230 e. The van der Waals surface area contributed by atoms with Gasteiger partial charge < -0.3 is 25.0 Å². The summed E-state index contributed by atoms with van der Waals surface area (Å²) in [7, 11) is 3.18. The predicted molar refractivity (Wildman–Crippen MR) is 137 cm³/mol. The molecule has 2 aliphatic rings. The number of aryl methyl sites for hydroxylation is 1. The summed E-state index contributed by atoms with van der Waals surface area (Å²) in [5, 5.41) is 0.724. The van der Waals surface area contributed by atoms with E-state index in [-0.39, 0.29) is 11.8 Å². The van der Waals surface area contributed by atoms with E-state index in [1.807, 2.05) is 23.1 Å². The van der Waals surface area contributed by atoms with Crippen LogP contribution in [0.3, 0.4) is 0 Å². The van der Waals surface area contributed by atoms with Crippen molar-refractivity contribution in [2.24, 2.45) is 5.92 Å². The highest BCUT2D eigenvalue weighted by Gasteiger charge is 2.38. The van der Waals surface area contributed by atoms with Gasteiger partial charge in [0.2, 0.25) is 11.9 Å². The maximum Gasteiger partial charge on any atom is 0.230 e. The van der Waals surface area contributed by atoms with Gasteiger partial charge in [0, 0.05) is 37.6 Å². The van der Waals surface area contributed by atoms with Crippen molar-refractivity contribution in [1.82, 2.24) is 14.9 Å². The van der Waals surface area contributed by atoms with Crippen molar-refractivity contribution in [1.29, 1.82) is 0 Å². The number of nitrogens with two attached hydrogens (primary N) is 1. The number of aromatic nitrogens is 2. The van der Waals surface area contributed by atoms with E-state index in [1.165, 1.54) is 17.5 Å². The summed E-state index contributed by atoms with van der Waals surface area (Å²) in [5.41, 5.74) is 9.37. The Morgan fingerprint density at radius 3 is 2.34 bits per heavy atom. The Balaban J connectivity index is 1.34. The number of fused-ring (bicyclic) bond motifs is 1. The van der Waals surface area contributed by atoms with E-state index in [1.54, 1.807) is 20.3 Å². The molecule has 0 spiro atoms. The molecule has 0 bridgehead atoms. The van der Waals surface area contributed by atoms with Crippen LogP contribution in [0.15, 0.2) is 36.4 Å². The second-order valence-electron chi connectivity index (χ2n) is 9.47. The van der Waals surface area contributed by atoms with Gasteiger partial charge in [0.05, 0.1) is 25.7 Å². The molecule has 5 rings (SSSR count). The van der Waals surface area contributed by atoms with Crippen LogP contribution in [0.25, 0.3) is 10.9 Å². The van der Waals surface area contributed by atoms with Gasteiger partial charge in [-0.3, -0.25) is 4.79 Å². The van der Waals surface area contributed by atoms with E-state index < -0.39 is 0 Å². The van der Waals surface area contributed by atoms with Crippen molar-refractivity contribution in [3.8, 4) is 11.5 Å². The third kappa shape index (κ3) is 4.33. The standard InChI is InChI=1S/C27H33N5O3/c1-17-7-4-5-10-19(17)24(18-8-6-9-18)26(33)31-11-13-32(14-12-31)27-29-21-16-23(35-3)22(34-2)15-20(21)25(28)30-27/h4-5,7,10,15-16,18,24H,6,8-9,11-14H2,1-3H3,(H2,28,29,30). The minimum absolute atomic E-state index is 0.0495. The number of rotatable bonds is 6. The summed E-state index contributed by atoms with van der Waals surface area (Å²) in [4.78, 5) is 27.2. The van der Waals surface area contributed by atoms with Crippen LogP contribution < -0.4 is 20.1 Å². The first-order valence-corrected chi connectivity index (χ1v) is 12.3. The Labute approximate surface area is 206 Å². The van der Waals surface area contributed by atoms with Gasteiger partial charge in [-0.25, -0.2) is 4.98 Å². The molecule has 2 aromatic carbocycles. The molecule has 8 heteroatoms. The van der Waals surface area contributed by atoms with Gasteiger partial charge in [0.1, 0.15) is 5.82 Å². The van der Waals surface area contributed by atoms with E-state index >= 15 is 0 Å². The first-order valence-electron chi connectivity index (χ1n) is 12.3. The lowest BCUT2D eigenvalue weighted by atomic mass is 9.71. The van der Waals surface area contributed by atoms with Gasteiger partial charge in [-0.2, -0.15) is 4.98 Å². The number of carbonyl (C=O) groups excluding carboxylic acids is 1. The molecule has 8 nitrogen and oxygen atoms in total. The average molecular weight is 476 g/mol. The molecule has 1 atom stereocenters. The van der Waals surface area contributed by atoms with Crippen LogP contribution in [0.2, 0.25) is 0 Å². The van der Waals surface area contributed by atoms with Gasteiger partial charge in [-0.05, 0) is 42.9 Å². The van der Waals surface area contributed by atoms with E-state index in [0.29, 0.717) is 60.9 Å². The zero-order chi connectivity index (χ0) is 24.5. The maximum absolute atomic E-state index is 13.7. The fourth-order valence-corrected chi connectivity index (χ4v) is 5.23. The van der Waals surface area contributed by atoms with Crippen LogP contribution in [0.1, 0.15) is 36.3 Å². The topological polar surface area (TPSA) is 93.8 Å². The summed E-state index contributed by atoms with van der Waals surface area (Å²) in [6, 6.07) is 11.9. The normalized spacial score (nSPS) is 17.2. The fourth-order valence-electron chi connectivity index (χ4n) is 5.23. The quantitative estimate of drug-likeness (QED) is 0.580. The molecule has 1 amide bonds. The highest BCUT2D eigenvalue weighted by molar-refractivity contribution is 5.92. The van der Waals surface area contributed by atoms with Crippen LogP contribution >= 0.6 is 0 Å². The molecule has 2 N–H and O–H groups in total. The number of amides is 1. The number of nitrogens with zero attached hydrogens (tertiary/aromatic N) is 4. The Morgan fingerprint density at radius 2 is 1.71 bits per heavy atom. The summed E-state index contributed by atoms with van der Waals surface area (Å²) in [6.07, 6.45) is 3.47. The van der Waals surface area contributed by atoms with E-state index in [9.17, 15) is 4.79 Å². The number of hydrogen-bond donors (Lipinski definition) is 1. The lowest BCUT2D eigenvalue weighted by Gasteiger charge is -2.40. The molecule has 0 radical (unpaired) electrons. The van der Waals surface area contributed by atoms with Crippen molar-refractivity contribution in [2.45, 2.75) is 32.1 Å². The Bertz CT molecular complexity index is 1230. The average Bonchev–Trinajstić information content (AvgIpc) is 2.85. The highest BCUT2D eigenvalue weighted by atomic mass is 16.5. The number of ether oxygens (including phenoxy) is 2. The first-order chi connectivity index (χ1) is 17.0.